The number of nitrogens with one attached hydrogen (secondary N) is 2. The van der Waals surface area contributed by atoms with Crippen LogP contribution in [-0.4, -0.2) is 22.0 Å². The van der Waals surface area contributed by atoms with Crippen LogP contribution in [0.2, 0.25) is 0 Å². The van der Waals surface area contributed by atoms with Crippen molar-refractivity contribution in [2.24, 2.45) is 0 Å². The third-order valence-corrected chi connectivity index (χ3v) is 3.63. The lowest BCUT2D eigenvalue weighted by Crippen LogP contribution is -2.14. The van der Waals surface area contributed by atoms with E-state index in [0.717, 1.165) is 5.01 Å². The van der Waals surface area contributed by atoms with Crippen molar-refractivity contribution < 1.29 is 14.0 Å². The topological polar surface area (TPSA) is 97.1 Å². The number of carbonyl (C=O) groups excluding carboxylic acids is 2. The summed E-state index contributed by atoms with van der Waals surface area (Å²) < 4.78 is 5.02. The van der Waals surface area contributed by atoms with Crippen LogP contribution in [0.3, 0.4) is 0 Å². The van der Waals surface area contributed by atoms with Gasteiger partial charge in [0, 0.05) is 11.3 Å². The zero-order valence-corrected chi connectivity index (χ0v) is 12.9. The van der Waals surface area contributed by atoms with Gasteiger partial charge in [0.1, 0.15) is 5.01 Å². The minimum absolute atomic E-state index is 0.198. The van der Waals surface area contributed by atoms with Crippen LogP contribution in [0.4, 0.5) is 10.8 Å². The van der Waals surface area contributed by atoms with Gasteiger partial charge in [-0.3, -0.25) is 14.9 Å². The van der Waals surface area contributed by atoms with Crippen LogP contribution in [0.1, 0.15) is 25.9 Å². The molecule has 0 fully saturated rings. The molecular formula is C15H12N4O3S. The van der Waals surface area contributed by atoms with Gasteiger partial charge in [0.25, 0.3) is 11.8 Å². The molecule has 116 valence electrons. The van der Waals surface area contributed by atoms with Gasteiger partial charge in [-0.05, 0) is 37.3 Å². The molecule has 1 aromatic carbocycles. The predicted octanol–water partition coefficient (Wildman–Crippen LogP) is 2.94. The Hall–Kier alpha value is -3.00. The average Bonchev–Trinajstić information content (AvgIpc) is 3.19. The second kappa shape index (κ2) is 6.41. The number of aromatic nitrogens is 2. The van der Waals surface area contributed by atoms with Gasteiger partial charge in [0.15, 0.2) is 5.76 Å². The summed E-state index contributed by atoms with van der Waals surface area (Å²) in [5.41, 5.74) is 0.891. The Morgan fingerprint density at radius 1 is 1.09 bits per heavy atom. The molecule has 2 aromatic heterocycles. The molecule has 0 aliphatic rings. The Morgan fingerprint density at radius 3 is 2.65 bits per heavy atom. The maximum absolute atomic E-state index is 12.2. The van der Waals surface area contributed by atoms with E-state index < -0.39 is 0 Å². The number of aryl methyl sites for hydroxylation is 1. The van der Waals surface area contributed by atoms with Crippen LogP contribution in [0.15, 0.2) is 47.1 Å². The standard InChI is InChI=1S/C15H12N4O3S/c1-9-18-19-15(23-9)17-13(20)10-4-2-5-11(8-10)16-14(21)12-6-3-7-22-12/h2-8H,1H3,(H,16,21)(H,17,19,20). The zero-order valence-electron chi connectivity index (χ0n) is 12.1. The van der Waals surface area contributed by atoms with Gasteiger partial charge in [-0.1, -0.05) is 17.4 Å². The van der Waals surface area contributed by atoms with E-state index >= 15 is 0 Å². The van der Waals surface area contributed by atoms with Crippen molar-refractivity contribution in [3.8, 4) is 0 Å². The Balaban J connectivity index is 1.71. The SMILES string of the molecule is Cc1nnc(NC(=O)c2cccc(NC(=O)c3ccco3)c2)s1. The van der Waals surface area contributed by atoms with Crippen molar-refractivity contribution >= 4 is 34.0 Å². The second-order valence-electron chi connectivity index (χ2n) is 4.59. The van der Waals surface area contributed by atoms with E-state index in [9.17, 15) is 9.59 Å². The van der Waals surface area contributed by atoms with Crippen LogP contribution < -0.4 is 10.6 Å². The summed E-state index contributed by atoms with van der Waals surface area (Å²) in [5, 5.41) is 14.2. The molecule has 7 nitrogen and oxygen atoms in total. The summed E-state index contributed by atoms with van der Waals surface area (Å²) in [6.07, 6.45) is 1.42. The lowest BCUT2D eigenvalue weighted by Gasteiger charge is -2.06. The Bertz CT molecular complexity index is 842. The summed E-state index contributed by atoms with van der Waals surface area (Å²) in [5.74, 6) is -0.508. The number of hydrogen-bond donors (Lipinski definition) is 2. The normalized spacial score (nSPS) is 10.3. The minimum atomic E-state index is -0.382. The maximum atomic E-state index is 12.2. The van der Waals surface area contributed by atoms with E-state index in [1.807, 2.05) is 0 Å². The number of rotatable bonds is 4. The number of hydrogen-bond acceptors (Lipinski definition) is 6. The predicted molar refractivity (Wildman–Crippen MR) is 85.7 cm³/mol. The van der Waals surface area contributed by atoms with E-state index in [0.29, 0.717) is 16.4 Å². The van der Waals surface area contributed by atoms with Gasteiger partial charge in [0.2, 0.25) is 5.13 Å². The first kappa shape index (κ1) is 14.9. The van der Waals surface area contributed by atoms with E-state index in [-0.39, 0.29) is 17.6 Å². The van der Waals surface area contributed by atoms with Crippen LogP contribution in [0.5, 0.6) is 0 Å². The first-order valence-corrected chi connectivity index (χ1v) is 7.50. The first-order chi connectivity index (χ1) is 11.1. The zero-order chi connectivity index (χ0) is 16.2. The number of carbonyl (C=O) groups is 2. The fourth-order valence-electron chi connectivity index (χ4n) is 1.86. The van der Waals surface area contributed by atoms with Crippen molar-refractivity contribution in [1.29, 1.82) is 0 Å². The molecule has 0 aliphatic heterocycles. The molecular weight excluding hydrogens is 316 g/mol. The van der Waals surface area contributed by atoms with E-state index in [1.54, 1.807) is 43.3 Å². The third kappa shape index (κ3) is 3.61. The summed E-state index contributed by atoms with van der Waals surface area (Å²) in [6.45, 7) is 1.80. The average molecular weight is 328 g/mol. The molecule has 3 aromatic rings. The summed E-state index contributed by atoms with van der Waals surface area (Å²) in [4.78, 5) is 24.1. The first-order valence-electron chi connectivity index (χ1n) is 6.68. The molecule has 0 saturated heterocycles. The van der Waals surface area contributed by atoms with Crippen molar-refractivity contribution in [2.45, 2.75) is 6.92 Å². The minimum Gasteiger partial charge on any atom is -0.459 e. The molecule has 0 atom stereocenters. The number of furan rings is 1. The molecule has 23 heavy (non-hydrogen) atoms. The van der Waals surface area contributed by atoms with Crippen molar-refractivity contribution in [3.63, 3.8) is 0 Å². The molecule has 2 amide bonds. The highest BCUT2D eigenvalue weighted by Crippen LogP contribution is 2.17. The van der Waals surface area contributed by atoms with Crippen LogP contribution in [-0.2, 0) is 0 Å². The maximum Gasteiger partial charge on any atom is 0.291 e. The number of amides is 2. The van der Waals surface area contributed by atoms with Gasteiger partial charge in [0.05, 0.1) is 6.26 Å². The molecule has 0 saturated carbocycles. The monoisotopic (exact) mass is 328 g/mol. The molecule has 0 bridgehead atoms. The number of nitrogens with zero attached hydrogens (tertiary/aromatic N) is 2. The molecule has 0 unspecified atom stereocenters. The van der Waals surface area contributed by atoms with Gasteiger partial charge in [-0.2, -0.15) is 0 Å². The third-order valence-electron chi connectivity index (χ3n) is 2.87. The van der Waals surface area contributed by atoms with Crippen LogP contribution in [0, 0.1) is 6.92 Å². The molecule has 0 radical (unpaired) electrons. The molecule has 0 spiro atoms. The fourth-order valence-corrected chi connectivity index (χ4v) is 2.44. The van der Waals surface area contributed by atoms with Gasteiger partial charge in [-0.25, -0.2) is 0 Å². The Kier molecular flexibility index (Phi) is 4.15. The molecule has 2 heterocycles. The summed E-state index contributed by atoms with van der Waals surface area (Å²) in [6, 6.07) is 9.77. The summed E-state index contributed by atoms with van der Waals surface area (Å²) >= 11 is 1.29. The fraction of sp³-hybridized carbons (Fsp3) is 0.0667. The van der Waals surface area contributed by atoms with E-state index in [2.05, 4.69) is 20.8 Å². The largest absolute Gasteiger partial charge is 0.459 e. The second-order valence-corrected chi connectivity index (χ2v) is 5.77. The lowest BCUT2D eigenvalue weighted by molar-refractivity contribution is 0.0993. The highest BCUT2D eigenvalue weighted by Gasteiger charge is 2.12. The number of anilines is 2. The van der Waals surface area contributed by atoms with Crippen molar-refractivity contribution in [3.05, 3.63) is 59.0 Å². The van der Waals surface area contributed by atoms with Gasteiger partial charge < -0.3 is 9.73 Å². The molecule has 2 N–H and O–H groups in total. The molecule has 0 aliphatic carbocycles. The summed E-state index contributed by atoms with van der Waals surface area (Å²) in [7, 11) is 0. The molecule has 8 heteroatoms. The van der Waals surface area contributed by atoms with Crippen LogP contribution >= 0.6 is 11.3 Å². The van der Waals surface area contributed by atoms with Crippen molar-refractivity contribution in [2.75, 3.05) is 10.6 Å². The lowest BCUT2D eigenvalue weighted by atomic mass is 10.2. The van der Waals surface area contributed by atoms with Gasteiger partial charge >= 0.3 is 0 Å². The van der Waals surface area contributed by atoms with Crippen LogP contribution in [0.25, 0.3) is 0 Å². The van der Waals surface area contributed by atoms with E-state index in [4.69, 9.17) is 4.42 Å². The Labute approximate surface area is 135 Å². The highest BCUT2D eigenvalue weighted by molar-refractivity contribution is 7.15. The Morgan fingerprint density at radius 2 is 1.96 bits per heavy atom. The molecule has 3 rings (SSSR count). The quantitative estimate of drug-likeness (QED) is 0.767. The number of benzene rings is 1. The highest BCUT2D eigenvalue weighted by atomic mass is 32.1. The smallest absolute Gasteiger partial charge is 0.291 e. The van der Waals surface area contributed by atoms with E-state index in [1.165, 1.54) is 17.6 Å². The van der Waals surface area contributed by atoms with Crippen molar-refractivity contribution in [1.82, 2.24) is 10.2 Å². The van der Waals surface area contributed by atoms with Gasteiger partial charge in [-0.15, -0.1) is 10.2 Å².